The minimum atomic E-state index is -0.538. The molecular weight excluding hydrogens is 714 g/mol. The molecule has 0 saturated heterocycles. The number of hydrogen-bond acceptors (Lipinski definition) is 7. The van der Waals surface area contributed by atoms with E-state index in [1.54, 1.807) is 38.1 Å². The van der Waals surface area contributed by atoms with E-state index in [1.165, 1.54) is 48.5 Å². The van der Waals surface area contributed by atoms with Crippen molar-refractivity contribution in [2.75, 3.05) is 0 Å². The molecule has 49 heavy (non-hydrogen) atoms. The number of non-ortho nitro benzene ring substituents is 2. The highest BCUT2D eigenvalue weighted by Crippen LogP contribution is 2.36. The van der Waals surface area contributed by atoms with E-state index in [9.17, 15) is 29.8 Å². The largest absolute Gasteiger partial charge is 0.457 e. The zero-order valence-corrected chi connectivity index (χ0v) is 29.6. The number of nitro benzene ring substituents is 2. The molecule has 13 heteroatoms. The summed E-state index contributed by atoms with van der Waals surface area (Å²) in [4.78, 5) is 47.9. The van der Waals surface area contributed by atoms with Crippen molar-refractivity contribution < 1.29 is 24.2 Å². The minimum Gasteiger partial charge on any atom is -0.457 e. The van der Waals surface area contributed by atoms with Crippen molar-refractivity contribution in [2.24, 2.45) is 0 Å². The Hall–Kier alpha value is -4.54. The molecule has 4 aromatic carbocycles. The quantitative estimate of drug-likeness (QED) is 0.0611. The van der Waals surface area contributed by atoms with Crippen LogP contribution < -0.4 is 4.74 Å². The maximum absolute atomic E-state index is 13.3. The van der Waals surface area contributed by atoms with Crippen molar-refractivity contribution in [1.82, 2.24) is 0 Å². The Morgan fingerprint density at radius 1 is 0.612 bits per heavy atom. The molecular formula is C36H28Cl4N2O7. The number of carbonyl (C=O) groups is 2. The van der Waals surface area contributed by atoms with Gasteiger partial charge in [0.25, 0.3) is 11.4 Å². The summed E-state index contributed by atoms with van der Waals surface area (Å²) in [6.45, 7) is 7.12. The molecule has 4 rings (SSSR count). The number of nitro groups is 2. The molecule has 4 aromatic rings. The summed E-state index contributed by atoms with van der Waals surface area (Å²) in [6.07, 6.45) is 0.871. The molecule has 0 radical (unpaired) electrons. The Morgan fingerprint density at radius 3 is 1.29 bits per heavy atom. The fourth-order valence-corrected chi connectivity index (χ4v) is 5.98. The zero-order valence-electron chi connectivity index (χ0n) is 26.6. The average molecular weight is 742 g/mol. The number of Topliss-reactive ketones (excluding diaryl/α,β-unsaturated/α-hetero) is 2. The molecule has 0 aromatic heterocycles. The number of halogens is 4. The summed E-state index contributed by atoms with van der Waals surface area (Å²) in [5.74, 6) is -0.187. The van der Waals surface area contributed by atoms with Crippen LogP contribution in [0, 0.1) is 34.1 Å². The van der Waals surface area contributed by atoms with E-state index in [0.29, 0.717) is 57.7 Å². The number of ether oxygens (including phenoxy) is 1. The molecule has 0 aliphatic carbocycles. The average Bonchev–Trinajstić information content (AvgIpc) is 3.10. The van der Waals surface area contributed by atoms with Crippen LogP contribution in [0.1, 0.15) is 67.9 Å². The second-order valence-corrected chi connectivity index (χ2v) is 12.4. The van der Waals surface area contributed by atoms with Gasteiger partial charge < -0.3 is 4.74 Å². The van der Waals surface area contributed by atoms with Crippen molar-refractivity contribution >= 4 is 79.4 Å². The second kappa shape index (κ2) is 15.8. The molecule has 0 saturated carbocycles. The first-order chi connectivity index (χ1) is 23.2. The number of ketones is 2. The summed E-state index contributed by atoms with van der Waals surface area (Å²) < 4.78 is 6.11. The van der Waals surface area contributed by atoms with E-state index in [0.717, 1.165) is 0 Å². The van der Waals surface area contributed by atoms with Crippen molar-refractivity contribution in [2.45, 2.75) is 40.5 Å². The van der Waals surface area contributed by atoms with Crippen LogP contribution in [0.4, 0.5) is 11.4 Å². The summed E-state index contributed by atoms with van der Waals surface area (Å²) in [6, 6.07) is 17.8. The smallest absolute Gasteiger partial charge is 0.269 e. The topological polar surface area (TPSA) is 130 Å². The van der Waals surface area contributed by atoms with Crippen LogP contribution in [0.15, 0.2) is 82.9 Å². The fraction of sp³-hybridized carbons (Fsp3) is 0.167. The van der Waals surface area contributed by atoms with Gasteiger partial charge in [0.15, 0.2) is 0 Å². The molecule has 0 unspecified atom stereocenters. The first kappa shape index (κ1) is 37.3. The molecule has 0 aliphatic heterocycles. The number of nitrogens with zero attached hydrogens (tertiary/aromatic N) is 2. The van der Waals surface area contributed by atoms with Crippen LogP contribution in [-0.4, -0.2) is 21.4 Å². The van der Waals surface area contributed by atoms with Gasteiger partial charge in [-0.3, -0.25) is 29.8 Å². The Bertz CT molecular complexity index is 1940. The highest BCUT2D eigenvalue weighted by molar-refractivity contribution is 6.61. The van der Waals surface area contributed by atoms with Crippen LogP contribution >= 0.6 is 46.4 Å². The van der Waals surface area contributed by atoms with Crippen molar-refractivity contribution in [1.29, 1.82) is 0 Å². The molecule has 252 valence electrons. The van der Waals surface area contributed by atoms with E-state index in [1.807, 2.05) is 13.8 Å². The number of carbonyl (C=O) groups excluding carboxylic acids is 2. The summed E-state index contributed by atoms with van der Waals surface area (Å²) >= 11 is 25.9. The van der Waals surface area contributed by atoms with Crippen LogP contribution in [0.5, 0.6) is 11.5 Å². The Morgan fingerprint density at radius 2 is 0.980 bits per heavy atom. The van der Waals surface area contributed by atoms with Gasteiger partial charge in [-0.05, 0) is 109 Å². The monoisotopic (exact) mass is 740 g/mol. The first-order valence-electron chi connectivity index (χ1n) is 14.8. The van der Waals surface area contributed by atoms with Crippen molar-refractivity contribution in [3.63, 3.8) is 0 Å². The normalized spacial score (nSPS) is 12.2. The molecule has 0 spiro atoms. The van der Waals surface area contributed by atoms with E-state index >= 15 is 0 Å². The third kappa shape index (κ3) is 8.20. The van der Waals surface area contributed by atoms with Gasteiger partial charge in [-0.15, -0.1) is 0 Å². The van der Waals surface area contributed by atoms with Gasteiger partial charge >= 0.3 is 0 Å². The molecule has 0 fully saturated rings. The number of aryl methyl sites for hydroxylation is 4. The lowest BCUT2D eigenvalue weighted by Crippen LogP contribution is -2.04. The van der Waals surface area contributed by atoms with Gasteiger partial charge in [-0.2, -0.15) is 0 Å². The number of rotatable bonds is 12. The van der Waals surface area contributed by atoms with Crippen LogP contribution in [-0.2, 0) is 12.8 Å². The maximum atomic E-state index is 13.3. The minimum absolute atomic E-state index is 0.0172. The summed E-state index contributed by atoms with van der Waals surface area (Å²) in [5.41, 5.74) is 3.56. The SMILES string of the molecule is CCc1cc([N+](=O)[O-])ccc1/C(Cl)=C(\Cl)C(=O)c1ccc(Oc2ccc(C(=O)/C(Cl)=C(\Cl)c3ccc([N+](=O)[O-])cc3CC)cc2C)c(C)c1. The lowest BCUT2D eigenvalue weighted by molar-refractivity contribution is -0.385. The zero-order chi connectivity index (χ0) is 36.2. The summed E-state index contributed by atoms with van der Waals surface area (Å²) in [5, 5.41) is 21.8. The molecule has 0 aliphatic rings. The Kier molecular flexibility index (Phi) is 12.0. The molecule has 0 N–H and O–H groups in total. The van der Waals surface area contributed by atoms with E-state index in [2.05, 4.69) is 0 Å². The van der Waals surface area contributed by atoms with Crippen LogP contribution in [0.25, 0.3) is 10.1 Å². The second-order valence-electron chi connectivity index (χ2n) is 10.9. The van der Waals surface area contributed by atoms with Gasteiger partial charge in [-0.1, -0.05) is 60.3 Å². The lowest BCUT2D eigenvalue weighted by atomic mass is 10.0. The van der Waals surface area contributed by atoms with Gasteiger partial charge in [-0.25, -0.2) is 0 Å². The third-order valence-corrected chi connectivity index (χ3v) is 9.41. The van der Waals surface area contributed by atoms with Crippen molar-refractivity contribution in [3.05, 3.63) is 148 Å². The van der Waals surface area contributed by atoms with Gasteiger partial charge in [0.1, 0.15) is 21.6 Å². The molecule has 9 nitrogen and oxygen atoms in total. The van der Waals surface area contributed by atoms with Crippen LogP contribution in [0.2, 0.25) is 0 Å². The summed E-state index contributed by atoms with van der Waals surface area (Å²) in [7, 11) is 0. The number of benzene rings is 4. The molecule has 0 bridgehead atoms. The number of hydrogen-bond donors (Lipinski definition) is 0. The fourth-order valence-electron chi connectivity index (χ4n) is 5.02. The van der Waals surface area contributed by atoms with Crippen molar-refractivity contribution in [3.8, 4) is 11.5 Å². The highest BCUT2D eigenvalue weighted by atomic mass is 35.5. The van der Waals surface area contributed by atoms with Gasteiger partial charge in [0, 0.05) is 35.4 Å². The lowest BCUT2D eigenvalue weighted by Gasteiger charge is -2.14. The third-order valence-electron chi connectivity index (χ3n) is 7.71. The van der Waals surface area contributed by atoms with Gasteiger partial charge in [0.05, 0.1) is 19.9 Å². The molecule has 0 heterocycles. The standard InChI is InChI=1S/C36H28Cl4N2O7/c1-5-21-17-25(41(45)46)9-11-27(21)31(37)33(39)35(43)23-7-13-29(19(3)15-23)49-30-14-8-24(16-20(30)4)36(44)34(40)32(38)28-12-10-26(42(47)48)18-22(28)6-2/h7-18H,5-6H2,1-4H3/b33-31+,34-32+. The van der Waals surface area contributed by atoms with E-state index < -0.39 is 21.4 Å². The van der Waals surface area contributed by atoms with Gasteiger partial charge in [0.2, 0.25) is 11.6 Å². The molecule has 0 atom stereocenters. The Labute approximate surface area is 302 Å². The molecule has 0 amide bonds. The highest BCUT2D eigenvalue weighted by Gasteiger charge is 2.22. The first-order valence-corrected chi connectivity index (χ1v) is 16.3. The maximum Gasteiger partial charge on any atom is 0.269 e. The predicted molar refractivity (Wildman–Crippen MR) is 193 cm³/mol. The van der Waals surface area contributed by atoms with E-state index in [-0.39, 0.29) is 42.6 Å². The predicted octanol–water partition coefficient (Wildman–Crippen LogP) is 11.1. The number of allylic oxidation sites excluding steroid dienone is 2. The van der Waals surface area contributed by atoms with Crippen LogP contribution in [0.3, 0.4) is 0 Å². The van der Waals surface area contributed by atoms with E-state index in [4.69, 9.17) is 51.1 Å². The Balaban J connectivity index is 1.55.